The number of nitrogens with zero attached hydrogens (tertiary/aromatic N) is 3. The van der Waals surface area contributed by atoms with Crippen LogP contribution in [0.25, 0.3) is 10.2 Å². The van der Waals surface area contributed by atoms with Crippen LogP contribution in [0, 0.1) is 0 Å². The molecule has 3 heterocycles. The van der Waals surface area contributed by atoms with E-state index in [1.807, 2.05) is 16.2 Å². The van der Waals surface area contributed by atoms with Gasteiger partial charge in [0.15, 0.2) is 0 Å². The van der Waals surface area contributed by atoms with Crippen LogP contribution < -0.4 is 4.90 Å². The first-order valence-corrected chi connectivity index (χ1v) is 11.5. The first-order valence-electron chi connectivity index (χ1n) is 10.7. The molecule has 1 saturated carbocycles. The second-order valence-corrected chi connectivity index (χ2v) is 9.67. The van der Waals surface area contributed by atoms with Gasteiger partial charge in [0.05, 0.1) is 15.2 Å². The van der Waals surface area contributed by atoms with Crippen LogP contribution in [0.4, 0.5) is 5.69 Å². The molecule has 1 aromatic carbocycles. The quantitative estimate of drug-likeness (QED) is 0.754. The molecule has 1 aliphatic carbocycles. The molecule has 0 spiro atoms. The van der Waals surface area contributed by atoms with E-state index in [2.05, 4.69) is 30.0 Å². The number of thiazole rings is 1. The maximum absolute atomic E-state index is 12.2. The predicted octanol–water partition coefficient (Wildman–Crippen LogP) is 4.93. The van der Waals surface area contributed by atoms with Crippen molar-refractivity contribution in [3.63, 3.8) is 0 Å². The van der Waals surface area contributed by atoms with Crippen molar-refractivity contribution in [1.82, 2.24) is 9.88 Å². The van der Waals surface area contributed by atoms with Gasteiger partial charge in [-0.05, 0) is 70.2 Å². The number of aromatic nitrogens is 1. The molecule has 5 rings (SSSR count). The SMILES string of the molecule is C[C@H]1CCCCN1C1CC(c2nc3ccc(N4CCCCC4=O)cc3s2)C1. The average molecular weight is 384 g/mol. The van der Waals surface area contributed by atoms with Crippen LogP contribution in [0.15, 0.2) is 18.2 Å². The number of piperidine rings is 2. The molecule has 0 unspecified atom stereocenters. The fourth-order valence-electron chi connectivity index (χ4n) is 5.08. The first-order chi connectivity index (χ1) is 13.2. The van der Waals surface area contributed by atoms with Crippen LogP contribution in [0.3, 0.4) is 0 Å². The molecule has 3 aliphatic rings. The van der Waals surface area contributed by atoms with E-state index in [1.165, 1.54) is 48.4 Å². The molecule has 144 valence electrons. The second-order valence-electron chi connectivity index (χ2n) is 8.61. The number of anilines is 1. The summed E-state index contributed by atoms with van der Waals surface area (Å²) in [5.41, 5.74) is 2.15. The zero-order valence-electron chi connectivity index (χ0n) is 16.2. The lowest BCUT2D eigenvalue weighted by Crippen LogP contribution is -2.50. The highest BCUT2D eigenvalue weighted by Gasteiger charge is 2.38. The zero-order chi connectivity index (χ0) is 18.4. The molecule has 0 N–H and O–H groups in total. The van der Waals surface area contributed by atoms with Crippen molar-refractivity contribution in [1.29, 1.82) is 0 Å². The molecular formula is C22H29N3OS. The van der Waals surface area contributed by atoms with E-state index in [9.17, 15) is 4.79 Å². The van der Waals surface area contributed by atoms with Crippen LogP contribution in [0.1, 0.15) is 69.2 Å². The van der Waals surface area contributed by atoms with Crippen LogP contribution in [-0.4, -0.2) is 41.0 Å². The molecule has 1 aromatic heterocycles. The van der Waals surface area contributed by atoms with E-state index >= 15 is 0 Å². The number of amides is 1. The molecule has 4 nitrogen and oxygen atoms in total. The molecule has 2 aliphatic heterocycles. The van der Waals surface area contributed by atoms with Crippen LogP contribution in [-0.2, 0) is 4.79 Å². The number of carbonyl (C=O) groups excluding carboxylic acids is 1. The molecule has 5 heteroatoms. The van der Waals surface area contributed by atoms with Crippen molar-refractivity contribution in [2.45, 2.75) is 76.3 Å². The first kappa shape index (κ1) is 17.6. The summed E-state index contributed by atoms with van der Waals surface area (Å²) >= 11 is 1.84. The lowest BCUT2D eigenvalue weighted by atomic mass is 9.78. The minimum atomic E-state index is 0.267. The number of carbonyl (C=O) groups is 1. The fraction of sp³-hybridized carbons (Fsp3) is 0.636. The Balaban J connectivity index is 1.30. The number of likely N-dealkylation sites (tertiary alicyclic amines) is 1. The van der Waals surface area contributed by atoms with Gasteiger partial charge in [0.1, 0.15) is 0 Å². The van der Waals surface area contributed by atoms with Gasteiger partial charge in [0, 0.05) is 36.7 Å². The van der Waals surface area contributed by atoms with Crippen molar-refractivity contribution in [2.24, 2.45) is 0 Å². The van der Waals surface area contributed by atoms with Gasteiger partial charge in [-0.1, -0.05) is 6.42 Å². The number of fused-ring (bicyclic) bond motifs is 1. The average Bonchev–Trinajstić information content (AvgIpc) is 3.05. The Morgan fingerprint density at radius 2 is 1.96 bits per heavy atom. The second kappa shape index (κ2) is 7.17. The molecule has 3 fully saturated rings. The molecule has 2 saturated heterocycles. The van der Waals surface area contributed by atoms with Crippen LogP contribution >= 0.6 is 11.3 Å². The minimum absolute atomic E-state index is 0.267. The van der Waals surface area contributed by atoms with Gasteiger partial charge in [-0.2, -0.15) is 0 Å². The summed E-state index contributed by atoms with van der Waals surface area (Å²) in [6, 6.07) is 7.88. The minimum Gasteiger partial charge on any atom is -0.312 e. The molecule has 2 aromatic rings. The van der Waals surface area contributed by atoms with Crippen molar-refractivity contribution in [3.05, 3.63) is 23.2 Å². The van der Waals surface area contributed by atoms with Crippen molar-refractivity contribution < 1.29 is 4.79 Å². The predicted molar refractivity (Wildman–Crippen MR) is 112 cm³/mol. The van der Waals surface area contributed by atoms with Gasteiger partial charge in [0.2, 0.25) is 5.91 Å². The molecule has 27 heavy (non-hydrogen) atoms. The Bertz CT molecular complexity index is 841. The largest absolute Gasteiger partial charge is 0.312 e. The Morgan fingerprint density at radius 3 is 2.78 bits per heavy atom. The van der Waals surface area contributed by atoms with E-state index in [1.54, 1.807) is 0 Å². The standard InChI is InChI=1S/C22H29N3OS/c1-15-6-2-4-10-24(15)18-12-16(13-18)22-23-19-9-8-17(14-20(19)27-22)25-11-5-3-7-21(25)26/h8-9,14-16,18H,2-7,10-13H2,1H3/t15-,16?,18?/m0/s1. The Morgan fingerprint density at radius 1 is 1.11 bits per heavy atom. The zero-order valence-corrected chi connectivity index (χ0v) is 17.0. The fourth-order valence-corrected chi connectivity index (χ4v) is 6.20. The van der Waals surface area contributed by atoms with E-state index in [-0.39, 0.29) is 5.91 Å². The molecular weight excluding hydrogens is 354 g/mol. The van der Waals surface area contributed by atoms with Gasteiger partial charge in [0.25, 0.3) is 0 Å². The summed E-state index contributed by atoms with van der Waals surface area (Å²) in [5.74, 6) is 0.893. The van der Waals surface area contributed by atoms with E-state index < -0.39 is 0 Å². The number of hydrogen-bond donors (Lipinski definition) is 0. The Kier molecular flexibility index (Phi) is 4.68. The highest BCUT2D eigenvalue weighted by Crippen LogP contribution is 2.44. The van der Waals surface area contributed by atoms with Crippen molar-refractivity contribution >= 4 is 33.1 Å². The van der Waals surface area contributed by atoms with Gasteiger partial charge in [-0.15, -0.1) is 11.3 Å². The normalized spacial score (nSPS) is 29.9. The topological polar surface area (TPSA) is 36.4 Å². The lowest BCUT2D eigenvalue weighted by Gasteiger charge is -2.47. The summed E-state index contributed by atoms with van der Waals surface area (Å²) in [7, 11) is 0. The molecule has 0 bridgehead atoms. The van der Waals surface area contributed by atoms with E-state index in [0.717, 1.165) is 42.7 Å². The lowest BCUT2D eigenvalue weighted by molar-refractivity contribution is -0.119. The third-order valence-electron chi connectivity index (χ3n) is 6.81. The summed E-state index contributed by atoms with van der Waals surface area (Å²) in [6.45, 7) is 4.54. The highest BCUT2D eigenvalue weighted by molar-refractivity contribution is 7.18. The molecule has 1 amide bonds. The summed E-state index contributed by atoms with van der Waals surface area (Å²) < 4.78 is 1.23. The smallest absolute Gasteiger partial charge is 0.226 e. The molecule has 0 radical (unpaired) electrons. The number of rotatable bonds is 3. The summed E-state index contributed by atoms with van der Waals surface area (Å²) in [4.78, 5) is 21.9. The number of hydrogen-bond acceptors (Lipinski definition) is 4. The highest BCUT2D eigenvalue weighted by atomic mass is 32.1. The van der Waals surface area contributed by atoms with Gasteiger partial charge >= 0.3 is 0 Å². The monoisotopic (exact) mass is 383 g/mol. The van der Waals surface area contributed by atoms with Crippen molar-refractivity contribution in [3.8, 4) is 0 Å². The van der Waals surface area contributed by atoms with Gasteiger partial charge in [-0.25, -0.2) is 4.98 Å². The van der Waals surface area contributed by atoms with Crippen LogP contribution in [0.2, 0.25) is 0 Å². The number of benzene rings is 1. The summed E-state index contributed by atoms with van der Waals surface area (Å²) in [5, 5.41) is 1.30. The molecule has 1 atom stereocenters. The third kappa shape index (κ3) is 3.29. The maximum Gasteiger partial charge on any atom is 0.226 e. The summed E-state index contributed by atoms with van der Waals surface area (Å²) in [6.07, 6.45) is 9.48. The van der Waals surface area contributed by atoms with Crippen molar-refractivity contribution in [2.75, 3.05) is 18.0 Å². The third-order valence-corrected chi connectivity index (χ3v) is 7.99. The van der Waals surface area contributed by atoms with E-state index in [0.29, 0.717) is 12.3 Å². The van der Waals surface area contributed by atoms with Crippen LogP contribution in [0.5, 0.6) is 0 Å². The Labute approximate surface area is 165 Å². The van der Waals surface area contributed by atoms with E-state index in [4.69, 9.17) is 4.98 Å². The maximum atomic E-state index is 12.2. The Hall–Kier alpha value is -1.46. The van der Waals surface area contributed by atoms with Gasteiger partial charge < -0.3 is 4.90 Å². The van der Waals surface area contributed by atoms with Gasteiger partial charge in [-0.3, -0.25) is 9.69 Å².